The molecule has 2 aliphatic heterocycles. The molecule has 3 atom stereocenters. The van der Waals surface area contributed by atoms with Crippen LogP contribution in [-0.4, -0.2) is 30.1 Å². The molecule has 0 aliphatic carbocycles. The Labute approximate surface area is 131 Å². The van der Waals surface area contributed by atoms with Crippen LogP contribution in [0.4, 0.5) is 0 Å². The number of nitrogens with one attached hydrogen (secondary N) is 1. The van der Waals surface area contributed by atoms with Crippen LogP contribution < -0.4 is 5.32 Å². The molecule has 20 heavy (non-hydrogen) atoms. The average Bonchev–Trinajstić information content (AvgIpc) is 3.12. The third-order valence-electron chi connectivity index (χ3n) is 4.95. The highest BCUT2D eigenvalue weighted by Gasteiger charge is 2.36. The molecule has 2 nitrogen and oxygen atoms in total. The second-order valence-corrected chi connectivity index (χ2v) is 7.04. The first-order valence-electron chi connectivity index (χ1n) is 8.04. The zero-order valence-corrected chi connectivity index (χ0v) is 13.9. The van der Waals surface area contributed by atoms with Crippen LogP contribution in [0.5, 0.6) is 0 Å². The number of rotatable bonds is 4. The molecule has 0 saturated carbocycles. The first kappa shape index (κ1) is 14.6. The molecule has 1 aromatic carbocycles. The number of benzene rings is 1. The van der Waals surface area contributed by atoms with Gasteiger partial charge in [0.05, 0.1) is 0 Å². The summed E-state index contributed by atoms with van der Waals surface area (Å²) < 4.78 is 1.17. The molecule has 3 heteroatoms. The molecule has 2 aliphatic rings. The fraction of sp³-hybridized carbons (Fsp3) is 0.647. The quantitative estimate of drug-likeness (QED) is 0.889. The Kier molecular flexibility index (Phi) is 4.79. The molecule has 2 fully saturated rings. The van der Waals surface area contributed by atoms with Crippen molar-refractivity contribution < 1.29 is 0 Å². The van der Waals surface area contributed by atoms with Crippen molar-refractivity contribution in [3.05, 3.63) is 34.3 Å². The summed E-state index contributed by atoms with van der Waals surface area (Å²) in [5, 5.41) is 3.72. The van der Waals surface area contributed by atoms with E-state index in [1.54, 1.807) is 0 Å². The summed E-state index contributed by atoms with van der Waals surface area (Å²) in [6.45, 7) is 4.80. The van der Waals surface area contributed by atoms with E-state index < -0.39 is 0 Å². The van der Waals surface area contributed by atoms with Gasteiger partial charge in [-0.1, -0.05) is 35.0 Å². The van der Waals surface area contributed by atoms with Crippen molar-refractivity contribution in [2.24, 2.45) is 0 Å². The Balaban J connectivity index is 1.78. The Hall–Kier alpha value is -0.380. The maximum absolute atomic E-state index is 3.72. The van der Waals surface area contributed by atoms with E-state index in [0.717, 1.165) is 12.1 Å². The molecular formula is C17H25BrN2. The summed E-state index contributed by atoms with van der Waals surface area (Å²) >= 11 is 3.54. The van der Waals surface area contributed by atoms with Gasteiger partial charge < -0.3 is 5.32 Å². The first-order valence-corrected chi connectivity index (χ1v) is 8.83. The minimum absolute atomic E-state index is 0.581. The molecule has 0 spiro atoms. The van der Waals surface area contributed by atoms with Gasteiger partial charge in [-0.3, -0.25) is 4.90 Å². The van der Waals surface area contributed by atoms with Gasteiger partial charge in [-0.25, -0.2) is 0 Å². The molecule has 0 aromatic heterocycles. The summed E-state index contributed by atoms with van der Waals surface area (Å²) in [5.41, 5.74) is 1.47. The fourth-order valence-electron chi connectivity index (χ4n) is 4.02. The number of halogens is 1. The Morgan fingerprint density at radius 3 is 2.70 bits per heavy atom. The van der Waals surface area contributed by atoms with Crippen LogP contribution in [0.3, 0.4) is 0 Å². The monoisotopic (exact) mass is 336 g/mol. The summed E-state index contributed by atoms with van der Waals surface area (Å²) in [6, 6.07) is 11.0. The highest BCUT2D eigenvalue weighted by atomic mass is 79.9. The van der Waals surface area contributed by atoms with Gasteiger partial charge >= 0.3 is 0 Å². The first-order chi connectivity index (χ1) is 9.79. The molecule has 2 saturated heterocycles. The van der Waals surface area contributed by atoms with Crippen LogP contribution in [0.1, 0.15) is 50.6 Å². The number of hydrogen-bond donors (Lipinski definition) is 1. The Morgan fingerprint density at radius 2 is 2.05 bits per heavy atom. The molecular weight excluding hydrogens is 312 g/mol. The summed E-state index contributed by atoms with van der Waals surface area (Å²) in [6.07, 6.45) is 6.63. The number of hydrogen-bond acceptors (Lipinski definition) is 2. The van der Waals surface area contributed by atoms with E-state index in [0.29, 0.717) is 6.04 Å². The number of likely N-dealkylation sites (tertiary alicyclic amines) is 1. The Morgan fingerprint density at radius 1 is 1.25 bits per heavy atom. The molecule has 110 valence electrons. The topological polar surface area (TPSA) is 15.3 Å². The van der Waals surface area contributed by atoms with Gasteiger partial charge in [-0.05, 0) is 62.9 Å². The lowest BCUT2D eigenvalue weighted by Crippen LogP contribution is -2.45. The van der Waals surface area contributed by atoms with E-state index >= 15 is 0 Å². The summed E-state index contributed by atoms with van der Waals surface area (Å²) in [7, 11) is 0. The maximum Gasteiger partial charge on any atom is 0.0349 e. The minimum Gasteiger partial charge on any atom is -0.312 e. The minimum atomic E-state index is 0.581. The molecule has 0 radical (unpaired) electrons. The molecule has 0 bridgehead atoms. The largest absolute Gasteiger partial charge is 0.312 e. The van der Waals surface area contributed by atoms with Crippen molar-refractivity contribution in [2.45, 2.75) is 57.2 Å². The highest BCUT2D eigenvalue weighted by molar-refractivity contribution is 9.10. The normalized spacial score (nSPS) is 28.9. The third kappa shape index (κ3) is 2.95. The fourth-order valence-corrected chi connectivity index (χ4v) is 4.28. The predicted octanol–water partition coefficient (Wildman–Crippen LogP) is 4.12. The third-order valence-corrected chi connectivity index (χ3v) is 5.48. The van der Waals surface area contributed by atoms with E-state index in [1.807, 2.05) is 0 Å². The van der Waals surface area contributed by atoms with Crippen molar-refractivity contribution in [3.8, 4) is 0 Å². The zero-order chi connectivity index (χ0) is 13.9. The second-order valence-electron chi connectivity index (χ2n) is 6.13. The predicted molar refractivity (Wildman–Crippen MR) is 87.9 cm³/mol. The smallest absolute Gasteiger partial charge is 0.0349 e. The summed E-state index contributed by atoms with van der Waals surface area (Å²) in [4.78, 5) is 2.77. The van der Waals surface area contributed by atoms with E-state index in [4.69, 9.17) is 0 Å². The van der Waals surface area contributed by atoms with Crippen molar-refractivity contribution in [2.75, 3.05) is 13.1 Å². The van der Waals surface area contributed by atoms with Gasteiger partial charge in [-0.2, -0.15) is 0 Å². The molecule has 3 rings (SSSR count). The Bertz CT molecular complexity index is 425. The van der Waals surface area contributed by atoms with Crippen molar-refractivity contribution in [3.63, 3.8) is 0 Å². The SMILES string of the molecule is CCC(c1ccc(Br)cc1)N1CCCC1C1CCCN1. The second kappa shape index (κ2) is 6.59. The van der Waals surface area contributed by atoms with Gasteiger partial charge in [0.2, 0.25) is 0 Å². The van der Waals surface area contributed by atoms with Crippen LogP contribution >= 0.6 is 15.9 Å². The van der Waals surface area contributed by atoms with Gasteiger partial charge in [0.1, 0.15) is 0 Å². The van der Waals surface area contributed by atoms with E-state index in [1.165, 1.54) is 55.2 Å². The standard InChI is InChI=1S/C17H25BrN2/c1-2-16(13-7-9-14(18)10-8-13)20-12-4-6-17(20)15-5-3-11-19-15/h7-10,15-17,19H,2-6,11-12H2,1H3. The van der Waals surface area contributed by atoms with Crippen molar-refractivity contribution in [1.29, 1.82) is 0 Å². The summed E-state index contributed by atoms with van der Waals surface area (Å²) in [5.74, 6) is 0. The van der Waals surface area contributed by atoms with Gasteiger partial charge in [0.25, 0.3) is 0 Å². The van der Waals surface area contributed by atoms with Crippen LogP contribution in [0.25, 0.3) is 0 Å². The van der Waals surface area contributed by atoms with Crippen LogP contribution in [-0.2, 0) is 0 Å². The van der Waals surface area contributed by atoms with Crippen molar-refractivity contribution >= 4 is 15.9 Å². The molecule has 0 amide bonds. The maximum atomic E-state index is 3.72. The van der Waals surface area contributed by atoms with Crippen LogP contribution in [0.2, 0.25) is 0 Å². The lowest BCUT2D eigenvalue weighted by atomic mass is 9.98. The van der Waals surface area contributed by atoms with Gasteiger partial charge in [-0.15, -0.1) is 0 Å². The zero-order valence-electron chi connectivity index (χ0n) is 12.3. The van der Waals surface area contributed by atoms with E-state index in [-0.39, 0.29) is 0 Å². The van der Waals surface area contributed by atoms with Gasteiger partial charge in [0.15, 0.2) is 0 Å². The lowest BCUT2D eigenvalue weighted by molar-refractivity contribution is 0.149. The van der Waals surface area contributed by atoms with Crippen molar-refractivity contribution in [1.82, 2.24) is 10.2 Å². The highest BCUT2D eigenvalue weighted by Crippen LogP contribution is 2.35. The lowest BCUT2D eigenvalue weighted by Gasteiger charge is -2.36. The molecule has 1 N–H and O–H groups in total. The average molecular weight is 337 g/mol. The van der Waals surface area contributed by atoms with Crippen LogP contribution in [0.15, 0.2) is 28.7 Å². The number of nitrogens with zero attached hydrogens (tertiary/aromatic N) is 1. The van der Waals surface area contributed by atoms with Crippen LogP contribution in [0, 0.1) is 0 Å². The molecule has 1 aromatic rings. The van der Waals surface area contributed by atoms with Gasteiger partial charge in [0, 0.05) is 22.6 Å². The molecule has 3 unspecified atom stereocenters. The van der Waals surface area contributed by atoms with E-state index in [9.17, 15) is 0 Å². The molecule has 2 heterocycles. The van der Waals surface area contributed by atoms with E-state index in [2.05, 4.69) is 57.3 Å².